The van der Waals surface area contributed by atoms with Crippen LogP contribution < -0.4 is 14.8 Å². The van der Waals surface area contributed by atoms with Crippen molar-refractivity contribution in [1.29, 1.82) is 0 Å². The number of nitrogens with zero attached hydrogens (tertiary/aromatic N) is 3. The molecule has 0 aliphatic rings. The number of ether oxygens (including phenoxy) is 2. The maximum atomic E-state index is 5.37. The van der Waals surface area contributed by atoms with E-state index in [4.69, 9.17) is 14.5 Å². The molecule has 3 rings (SSSR count). The van der Waals surface area contributed by atoms with Crippen molar-refractivity contribution < 1.29 is 9.47 Å². The lowest BCUT2D eigenvalue weighted by molar-refractivity contribution is 0.414. The van der Waals surface area contributed by atoms with Crippen LogP contribution in [0.2, 0.25) is 0 Å². The Hall–Kier alpha value is -3.67. The largest absolute Gasteiger partial charge is 0.497 e. The van der Waals surface area contributed by atoms with Gasteiger partial charge in [-0.2, -0.15) is 0 Å². The van der Waals surface area contributed by atoms with E-state index < -0.39 is 0 Å². The van der Waals surface area contributed by atoms with Gasteiger partial charge in [-0.3, -0.25) is 4.98 Å². The minimum absolute atomic E-state index is 0.518. The van der Waals surface area contributed by atoms with Crippen LogP contribution in [-0.2, 0) is 6.54 Å². The topological polar surface area (TPSA) is 68.1 Å². The number of aliphatic imine (C=N–C) groups is 2. The molecule has 0 atom stereocenters. The summed E-state index contributed by atoms with van der Waals surface area (Å²) in [7, 11) is 3.29. The molecule has 0 aliphatic carbocycles. The minimum atomic E-state index is 0.518. The average Bonchev–Trinajstić information content (AvgIpc) is 2.77. The molecule has 6 heteroatoms. The summed E-state index contributed by atoms with van der Waals surface area (Å²) in [5, 5.41) is 3.40. The molecule has 2 aromatic carbocycles. The maximum absolute atomic E-state index is 5.37. The number of aromatic nitrogens is 1. The van der Waals surface area contributed by atoms with Gasteiger partial charge in [0.2, 0.25) is 0 Å². The maximum Gasteiger partial charge on any atom is 0.160 e. The van der Waals surface area contributed by atoms with E-state index in [0.29, 0.717) is 12.4 Å². The summed E-state index contributed by atoms with van der Waals surface area (Å²) in [5.41, 5.74) is 3.54. The Kier molecular flexibility index (Phi) is 6.36. The Morgan fingerprint density at radius 2 is 1.79 bits per heavy atom. The first kappa shape index (κ1) is 19.1. The zero-order chi connectivity index (χ0) is 19.8. The van der Waals surface area contributed by atoms with Crippen LogP contribution in [0.25, 0.3) is 0 Å². The first-order chi connectivity index (χ1) is 13.7. The van der Waals surface area contributed by atoms with Gasteiger partial charge in [0.25, 0.3) is 0 Å². The van der Waals surface area contributed by atoms with Gasteiger partial charge in [-0.1, -0.05) is 0 Å². The lowest BCUT2D eigenvalue weighted by atomic mass is 10.1. The fourth-order valence-corrected chi connectivity index (χ4v) is 2.65. The second-order valence-corrected chi connectivity index (χ2v) is 5.91. The summed E-state index contributed by atoms with van der Waals surface area (Å²) in [6.07, 6.45) is 3.42. The van der Waals surface area contributed by atoms with Crippen molar-refractivity contribution in [2.24, 2.45) is 9.98 Å². The third-order valence-electron chi connectivity index (χ3n) is 4.16. The zero-order valence-electron chi connectivity index (χ0n) is 15.9. The fraction of sp³-hybridized carbons (Fsp3) is 0.136. The van der Waals surface area contributed by atoms with Crippen molar-refractivity contribution in [3.05, 3.63) is 78.1 Å². The van der Waals surface area contributed by atoms with Crippen LogP contribution in [0.4, 0.5) is 11.4 Å². The van der Waals surface area contributed by atoms with Crippen LogP contribution in [0, 0.1) is 0 Å². The van der Waals surface area contributed by atoms with Gasteiger partial charge in [-0.05, 0) is 61.3 Å². The molecule has 0 amide bonds. The summed E-state index contributed by atoms with van der Waals surface area (Å²) in [6.45, 7) is 4.22. The summed E-state index contributed by atoms with van der Waals surface area (Å²) in [6, 6.07) is 17.2. The van der Waals surface area contributed by atoms with Crippen molar-refractivity contribution in [2.75, 3.05) is 19.5 Å². The van der Waals surface area contributed by atoms with Gasteiger partial charge in [0.15, 0.2) is 5.84 Å². The quantitative estimate of drug-likeness (QED) is 0.489. The molecule has 0 saturated heterocycles. The van der Waals surface area contributed by atoms with Crippen LogP contribution in [-0.4, -0.2) is 31.8 Å². The first-order valence-corrected chi connectivity index (χ1v) is 8.74. The van der Waals surface area contributed by atoms with Gasteiger partial charge in [-0.15, -0.1) is 0 Å². The molecule has 1 aromatic heterocycles. The SMILES string of the molecule is C=NC(=Nc1ccc(OC)cc1CNc1ccc(OC)cc1)c1cccnc1. The predicted octanol–water partition coefficient (Wildman–Crippen LogP) is 4.49. The highest BCUT2D eigenvalue weighted by Gasteiger charge is 2.08. The van der Waals surface area contributed by atoms with Gasteiger partial charge in [0, 0.05) is 35.8 Å². The van der Waals surface area contributed by atoms with Gasteiger partial charge in [-0.25, -0.2) is 9.98 Å². The van der Waals surface area contributed by atoms with Crippen LogP contribution in [0.3, 0.4) is 0 Å². The molecule has 0 radical (unpaired) electrons. The monoisotopic (exact) mass is 374 g/mol. The van der Waals surface area contributed by atoms with Crippen LogP contribution >= 0.6 is 0 Å². The Morgan fingerprint density at radius 3 is 2.43 bits per heavy atom. The number of anilines is 1. The van der Waals surface area contributed by atoms with Gasteiger partial charge >= 0.3 is 0 Å². The molecule has 1 heterocycles. The second-order valence-electron chi connectivity index (χ2n) is 5.91. The molecule has 142 valence electrons. The summed E-state index contributed by atoms with van der Waals surface area (Å²) in [5.74, 6) is 2.10. The van der Waals surface area contributed by atoms with E-state index >= 15 is 0 Å². The highest BCUT2D eigenvalue weighted by atomic mass is 16.5. The van der Waals surface area contributed by atoms with E-state index in [1.165, 1.54) is 0 Å². The Bertz CT molecular complexity index is 954. The summed E-state index contributed by atoms with van der Waals surface area (Å²) < 4.78 is 10.6. The van der Waals surface area contributed by atoms with Gasteiger partial charge < -0.3 is 14.8 Å². The third-order valence-corrected chi connectivity index (χ3v) is 4.16. The number of benzene rings is 2. The number of pyridine rings is 1. The van der Waals surface area contributed by atoms with E-state index in [-0.39, 0.29) is 0 Å². The fourth-order valence-electron chi connectivity index (χ4n) is 2.65. The van der Waals surface area contributed by atoms with Crippen molar-refractivity contribution in [2.45, 2.75) is 6.54 Å². The number of hydrogen-bond acceptors (Lipinski definition) is 5. The predicted molar refractivity (Wildman–Crippen MR) is 113 cm³/mol. The Labute approximate surface area is 164 Å². The number of methoxy groups -OCH3 is 2. The summed E-state index contributed by atoms with van der Waals surface area (Å²) in [4.78, 5) is 12.9. The first-order valence-electron chi connectivity index (χ1n) is 8.74. The van der Waals surface area contributed by atoms with Crippen LogP contribution in [0.1, 0.15) is 11.1 Å². The smallest absolute Gasteiger partial charge is 0.160 e. The summed E-state index contributed by atoms with van der Waals surface area (Å²) >= 11 is 0. The van der Waals surface area contributed by atoms with Crippen LogP contribution in [0.15, 0.2) is 77.0 Å². The highest BCUT2D eigenvalue weighted by Crippen LogP contribution is 2.27. The van der Waals surface area contributed by atoms with Crippen molar-refractivity contribution in [3.63, 3.8) is 0 Å². The Morgan fingerprint density at radius 1 is 1.04 bits per heavy atom. The molecule has 1 N–H and O–H groups in total. The zero-order valence-corrected chi connectivity index (χ0v) is 15.9. The van der Waals surface area contributed by atoms with Crippen molar-refractivity contribution in [3.8, 4) is 11.5 Å². The average molecular weight is 374 g/mol. The van der Waals surface area contributed by atoms with E-state index in [1.807, 2.05) is 54.6 Å². The molecule has 3 aromatic rings. The lowest BCUT2D eigenvalue weighted by Gasteiger charge is -2.12. The second kappa shape index (κ2) is 9.32. The molecular weight excluding hydrogens is 352 g/mol. The van der Waals surface area contributed by atoms with E-state index in [9.17, 15) is 0 Å². The lowest BCUT2D eigenvalue weighted by Crippen LogP contribution is -2.02. The molecule has 6 nitrogen and oxygen atoms in total. The molecule has 0 bridgehead atoms. The van der Waals surface area contributed by atoms with Crippen molar-refractivity contribution in [1.82, 2.24) is 4.98 Å². The molecule has 0 aliphatic heterocycles. The molecule has 0 unspecified atom stereocenters. The molecule has 0 fully saturated rings. The minimum Gasteiger partial charge on any atom is -0.497 e. The van der Waals surface area contributed by atoms with E-state index in [1.54, 1.807) is 26.6 Å². The molecule has 28 heavy (non-hydrogen) atoms. The number of hydrogen-bond donors (Lipinski definition) is 1. The van der Waals surface area contributed by atoms with Gasteiger partial charge in [0.05, 0.1) is 19.9 Å². The molecule has 0 saturated carbocycles. The molecular formula is C22H22N4O2. The van der Waals surface area contributed by atoms with Crippen LogP contribution in [0.5, 0.6) is 11.5 Å². The highest BCUT2D eigenvalue weighted by molar-refractivity contribution is 6.02. The number of nitrogens with one attached hydrogen (secondary N) is 1. The third kappa shape index (κ3) is 4.73. The van der Waals surface area contributed by atoms with E-state index in [2.05, 4.69) is 22.0 Å². The van der Waals surface area contributed by atoms with Crippen molar-refractivity contribution >= 4 is 23.9 Å². The number of amidine groups is 1. The number of rotatable bonds is 7. The Balaban J connectivity index is 1.88. The van der Waals surface area contributed by atoms with Gasteiger partial charge in [0.1, 0.15) is 11.5 Å². The normalized spacial score (nSPS) is 11.0. The standard InChI is InChI=1S/C22H22N4O2/c1-23-22(16-5-4-12-24-14-16)26-21-11-10-20(28-3)13-17(21)15-25-18-6-8-19(27-2)9-7-18/h4-14,25H,1,15H2,2-3H3. The van der Waals surface area contributed by atoms with E-state index in [0.717, 1.165) is 34.0 Å². The molecule has 0 spiro atoms.